The third-order valence-electron chi connectivity index (χ3n) is 4.02. The van der Waals surface area contributed by atoms with Crippen molar-refractivity contribution in [3.63, 3.8) is 0 Å². The van der Waals surface area contributed by atoms with Crippen LogP contribution in [0.5, 0.6) is 0 Å². The van der Waals surface area contributed by atoms with E-state index in [1.54, 1.807) is 17.5 Å². The van der Waals surface area contributed by atoms with Crippen molar-refractivity contribution < 1.29 is 19.2 Å². The smallest absolute Gasteiger partial charge is 0.322 e. The van der Waals surface area contributed by atoms with E-state index >= 15 is 0 Å². The molecule has 0 N–H and O–H groups in total. The molecule has 0 fully saturated rings. The van der Waals surface area contributed by atoms with Gasteiger partial charge >= 0.3 is 5.97 Å². The second kappa shape index (κ2) is 6.20. The van der Waals surface area contributed by atoms with E-state index in [4.69, 9.17) is 4.84 Å². The molecule has 26 heavy (non-hydrogen) atoms. The van der Waals surface area contributed by atoms with Crippen LogP contribution in [-0.2, 0) is 4.84 Å². The van der Waals surface area contributed by atoms with Gasteiger partial charge in [0.1, 0.15) is 5.01 Å². The maximum atomic E-state index is 12.3. The molecule has 128 valence electrons. The molecule has 1 aliphatic rings. The summed E-state index contributed by atoms with van der Waals surface area (Å²) in [6, 6.07) is 14.0. The molecule has 1 aliphatic heterocycles. The van der Waals surface area contributed by atoms with E-state index in [1.807, 2.05) is 31.2 Å². The normalized spacial score (nSPS) is 13.0. The summed E-state index contributed by atoms with van der Waals surface area (Å²) in [5.74, 6) is -2.17. The fraction of sp³-hybridized carbons (Fsp3) is 0.0526. The Hall–Kier alpha value is -3.32. The maximum Gasteiger partial charge on any atom is 0.383 e. The second-order valence-electron chi connectivity index (χ2n) is 5.68. The SMILES string of the molecule is Cc1ccccc1-c1nc(C(=O)ON2C(=O)c3ccccc3C2=O)cs1. The predicted molar refractivity (Wildman–Crippen MR) is 94.6 cm³/mol. The Morgan fingerprint density at radius 2 is 1.54 bits per heavy atom. The number of amides is 2. The molecule has 0 spiro atoms. The quantitative estimate of drug-likeness (QED) is 0.665. The van der Waals surface area contributed by atoms with Crippen molar-refractivity contribution >= 4 is 29.1 Å². The van der Waals surface area contributed by atoms with Crippen molar-refractivity contribution in [2.45, 2.75) is 6.92 Å². The third kappa shape index (κ3) is 2.58. The molecule has 0 bridgehead atoms. The molecule has 0 atom stereocenters. The third-order valence-corrected chi connectivity index (χ3v) is 4.90. The van der Waals surface area contributed by atoms with Gasteiger partial charge < -0.3 is 4.84 Å². The topological polar surface area (TPSA) is 76.6 Å². The minimum Gasteiger partial charge on any atom is -0.322 e. The van der Waals surface area contributed by atoms with E-state index in [-0.39, 0.29) is 16.8 Å². The van der Waals surface area contributed by atoms with E-state index in [0.29, 0.717) is 10.1 Å². The first-order chi connectivity index (χ1) is 12.6. The van der Waals surface area contributed by atoms with Crippen LogP contribution in [0.3, 0.4) is 0 Å². The summed E-state index contributed by atoms with van der Waals surface area (Å²) in [5.41, 5.74) is 2.41. The molecule has 4 rings (SSSR count). The number of hydrogen-bond acceptors (Lipinski definition) is 6. The van der Waals surface area contributed by atoms with Gasteiger partial charge in [0.15, 0.2) is 5.69 Å². The van der Waals surface area contributed by atoms with E-state index in [1.165, 1.54) is 23.5 Å². The number of hydroxylamine groups is 2. The van der Waals surface area contributed by atoms with E-state index in [9.17, 15) is 14.4 Å². The van der Waals surface area contributed by atoms with Crippen LogP contribution in [0.15, 0.2) is 53.9 Å². The Kier molecular flexibility index (Phi) is 3.85. The van der Waals surface area contributed by atoms with Crippen molar-refractivity contribution in [3.8, 4) is 10.6 Å². The van der Waals surface area contributed by atoms with E-state index < -0.39 is 17.8 Å². The van der Waals surface area contributed by atoms with Gasteiger partial charge in [-0.25, -0.2) is 9.78 Å². The van der Waals surface area contributed by atoms with Crippen LogP contribution >= 0.6 is 11.3 Å². The van der Waals surface area contributed by atoms with Gasteiger partial charge in [0.25, 0.3) is 11.8 Å². The highest BCUT2D eigenvalue weighted by atomic mass is 32.1. The molecule has 0 saturated heterocycles. The molecule has 2 heterocycles. The number of nitrogens with zero attached hydrogens (tertiary/aromatic N) is 2. The zero-order valence-corrected chi connectivity index (χ0v) is 14.4. The predicted octanol–water partition coefficient (Wildman–Crippen LogP) is 3.49. The molecule has 0 aliphatic carbocycles. The first-order valence-electron chi connectivity index (χ1n) is 7.78. The average molecular weight is 364 g/mol. The Labute approximate surface area is 152 Å². The molecular weight excluding hydrogens is 352 g/mol. The van der Waals surface area contributed by atoms with Crippen LogP contribution in [0.2, 0.25) is 0 Å². The van der Waals surface area contributed by atoms with Gasteiger partial charge in [-0.2, -0.15) is 0 Å². The van der Waals surface area contributed by atoms with E-state index in [2.05, 4.69) is 4.98 Å². The first-order valence-corrected chi connectivity index (χ1v) is 8.66. The molecule has 1 aromatic heterocycles. The molecule has 0 saturated carbocycles. The van der Waals surface area contributed by atoms with Gasteiger partial charge in [0, 0.05) is 10.9 Å². The number of carbonyl (C=O) groups excluding carboxylic acids is 3. The molecule has 3 aromatic rings. The molecule has 6 nitrogen and oxygen atoms in total. The molecule has 7 heteroatoms. The number of imide groups is 1. The van der Waals surface area contributed by atoms with Crippen LogP contribution in [0.25, 0.3) is 10.6 Å². The lowest BCUT2D eigenvalue weighted by Crippen LogP contribution is -2.32. The Morgan fingerprint density at radius 1 is 0.962 bits per heavy atom. The van der Waals surface area contributed by atoms with Crippen molar-refractivity contribution in [2.75, 3.05) is 0 Å². The van der Waals surface area contributed by atoms with Gasteiger partial charge in [0.2, 0.25) is 0 Å². The monoisotopic (exact) mass is 364 g/mol. The average Bonchev–Trinajstić information content (AvgIpc) is 3.23. The lowest BCUT2D eigenvalue weighted by atomic mass is 10.1. The number of fused-ring (bicyclic) bond motifs is 1. The van der Waals surface area contributed by atoms with Crippen LogP contribution in [0.4, 0.5) is 0 Å². The highest BCUT2D eigenvalue weighted by Gasteiger charge is 2.39. The fourth-order valence-electron chi connectivity index (χ4n) is 2.68. The summed E-state index contributed by atoms with van der Waals surface area (Å²) in [6.07, 6.45) is 0. The number of benzene rings is 2. The largest absolute Gasteiger partial charge is 0.383 e. The number of hydrogen-bond donors (Lipinski definition) is 0. The highest BCUT2D eigenvalue weighted by Crippen LogP contribution is 2.28. The summed E-state index contributed by atoms with van der Waals surface area (Å²) in [7, 11) is 0. The number of carbonyl (C=O) groups is 3. The molecular formula is C19H12N2O4S. The van der Waals surface area contributed by atoms with Crippen LogP contribution in [0.1, 0.15) is 36.8 Å². The number of rotatable bonds is 3. The lowest BCUT2D eigenvalue weighted by Gasteiger charge is -2.11. The molecule has 2 aromatic carbocycles. The van der Waals surface area contributed by atoms with Gasteiger partial charge in [-0.05, 0) is 24.6 Å². The minimum absolute atomic E-state index is 0.0461. The summed E-state index contributed by atoms with van der Waals surface area (Å²) < 4.78 is 0. The van der Waals surface area contributed by atoms with Crippen molar-refractivity contribution in [1.29, 1.82) is 0 Å². The maximum absolute atomic E-state index is 12.3. The zero-order valence-electron chi connectivity index (χ0n) is 13.6. The molecule has 0 unspecified atom stereocenters. The number of aromatic nitrogens is 1. The van der Waals surface area contributed by atoms with Crippen LogP contribution < -0.4 is 0 Å². The van der Waals surface area contributed by atoms with Gasteiger partial charge in [-0.3, -0.25) is 9.59 Å². The van der Waals surface area contributed by atoms with Crippen LogP contribution in [0, 0.1) is 6.92 Å². The highest BCUT2D eigenvalue weighted by molar-refractivity contribution is 7.13. The summed E-state index contributed by atoms with van der Waals surface area (Å²) in [4.78, 5) is 46.2. The summed E-state index contributed by atoms with van der Waals surface area (Å²) >= 11 is 1.29. The number of thiazole rings is 1. The Bertz CT molecular complexity index is 1020. The summed E-state index contributed by atoms with van der Waals surface area (Å²) in [6.45, 7) is 1.95. The molecule has 0 radical (unpaired) electrons. The number of aryl methyl sites for hydroxylation is 1. The Balaban J connectivity index is 1.56. The second-order valence-corrected chi connectivity index (χ2v) is 6.54. The van der Waals surface area contributed by atoms with Crippen LogP contribution in [-0.4, -0.2) is 27.8 Å². The summed E-state index contributed by atoms with van der Waals surface area (Å²) in [5, 5.41) is 2.69. The Morgan fingerprint density at radius 3 is 2.15 bits per heavy atom. The zero-order chi connectivity index (χ0) is 18.3. The van der Waals surface area contributed by atoms with E-state index in [0.717, 1.165) is 11.1 Å². The molecule has 2 amide bonds. The van der Waals surface area contributed by atoms with Crippen molar-refractivity contribution in [3.05, 3.63) is 76.3 Å². The van der Waals surface area contributed by atoms with Crippen molar-refractivity contribution in [1.82, 2.24) is 10.0 Å². The minimum atomic E-state index is -0.851. The first kappa shape index (κ1) is 16.2. The van der Waals surface area contributed by atoms with Gasteiger partial charge in [-0.15, -0.1) is 11.3 Å². The standard InChI is InChI=1S/C19H12N2O4S/c1-11-6-2-3-7-12(11)16-20-15(10-26-16)19(24)25-21-17(22)13-8-4-5-9-14(13)18(21)23/h2-10H,1H3. The lowest BCUT2D eigenvalue weighted by molar-refractivity contribution is -0.0587. The van der Waals surface area contributed by atoms with Gasteiger partial charge in [0.05, 0.1) is 11.1 Å². The van der Waals surface area contributed by atoms with Gasteiger partial charge in [-0.1, -0.05) is 41.5 Å². The fourth-order valence-corrected chi connectivity index (χ4v) is 3.56. The van der Waals surface area contributed by atoms with Crippen molar-refractivity contribution in [2.24, 2.45) is 0 Å².